The van der Waals surface area contributed by atoms with Crippen molar-refractivity contribution >= 4 is 5.97 Å². The van der Waals surface area contributed by atoms with Crippen LogP contribution in [0, 0.1) is 5.95 Å². The van der Waals surface area contributed by atoms with Gasteiger partial charge in [-0.15, -0.1) is 0 Å². The lowest BCUT2D eigenvalue weighted by atomic mass is 10.1. The number of nitrogens with zero attached hydrogens (tertiary/aromatic N) is 1. The molecular formula is C11H12F3NO3. The van der Waals surface area contributed by atoms with Crippen molar-refractivity contribution < 1.29 is 27.4 Å². The van der Waals surface area contributed by atoms with Gasteiger partial charge in [-0.2, -0.15) is 4.39 Å². The summed E-state index contributed by atoms with van der Waals surface area (Å²) in [7, 11) is 1.19. The number of aromatic nitrogens is 1. The maximum atomic E-state index is 13.0. The summed E-state index contributed by atoms with van der Waals surface area (Å²) in [6, 6.07) is 0.848. The smallest absolute Gasteiger partial charge is 0.310 e. The lowest BCUT2D eigenvalue weighted by Gasteiger charge is -2.12. The van der Waals surface area contributed by atoms with Gasteiger partial charge in [0.1, 0.15) is 11.4 Å². The minimum absolute atomic E-state index is 0.125. The Morgan fingerprint density at radius 2 is 2.17 bits per heavy atom. The largest absolute Gasteiger partial charge is 0.496 e. The van der Waals surface area contributed by atoms with E-state index in [0.29, 0.717) is 0 Å². The number of halogens is 3. The zero-order chi connectivity index (χ0) is 13.7. The van der Waals surface area contributed by atoms with Crippen LogP contribution in [0.2, 0.25) is 0 Å². The van der Waals surface area contributed by atoms with Crippen molar-refractivity contribution in [1.82, 2.24) is 4.98 Å². The van der Waals surface area contributed by atoms with Gasteiger partial charge in [0.05, 0.1) is 20.1 Å². The molecule has 0 N–H and O–H groups in total. The van der Waals surface area contributed by atoms with Crippen molar-refractivity contribution in [3.05, 3.63) is 23.3 Å². The Morgan fingerprint density at radius 3 is 2.67 bits per heavy atom. The lowest BCUT2D eigenvalue weighted by Crippen LogP contribution is -2.12. The maximum Gasteiger partial charge on any atom is 0.310 e. The monoisotopic (exact) mass is 263 g/mol. The molecule has 0 aliphatic carbocycles. The van der Waals surface area contributed by atoms with Gasteiger partial charge in [-0.05, 0) is 6.92 Å². The second kappa shape index (κ2) is 6.23. The summed E-state index contributed by atoms with van der Waals surface area (Å²) in [5.74, 6) is -1.94. The van der Waals surface area contributed by atoms with E-state index in [0.717, 1.165) is 6.07 Å². The highest BCUT2D eigenvalue weighted by Crippen LogP contribution is 2.29. The molecule has 0 saturated heterocycles. The minimum atomic E-state index is -3.00. The van der Waals surface area contributed by atoms with Crippen molar-refractivity contribution in [3.63, 3.8) is 0 Å². The van der Waals surface area contributed by atoms with Crippen LogP contribution in [0.3, 0.4) is 0 Å². The van der Waals surface area contributed by atoms with Gasteiger partial charge >= 0.3 is 5.97 Å². The van der Waals surface area contributed by atoms with Gasteiger partial charge in [0.25, 0.3) is 6.43 Å². The van der Waals surface area contributed by atoms with E-state index < -0.39 is 30.5 Å². The molecule has 0 unspecified atom stereocenters. The standard InChI is InChI=1S/C11H12F3NO3/c1-3-18-9(16)4-6-7(17-2)5-8(12)15-10(6)11(13)14/h5,11H,3-4H2,1-2H3. The molecule has 1 aromatic heterocycles. The molecule has 100 valence electrons. The highest BCUT2D eigenvalue weighted by molar-refractivity contribution is 5.74. The van der Waals surface area contributed by atoms with Gasteiger partial charge in [0.2, 0.25) is 5.95 Å². The number of esters is 1. The van der Waals surface area contributed by atoms with E-state index >= 15 is 0 Å². The van der Waals surface area contributed by atoms with Crippen molar-refractivity contribution in [2.75, 3.05) is 13.7 Å². The molecule has 1 rings (SSSR count). The van der Waals surface area contributed by atoms with E-state index in [-0.39, 0.29) is 17.9 Å². The molecule has 0 spiro atoms. The van der Waals surface area contributed by atoms with E-state index in [1.54, 1.807) is 6.92 Å². The van der Waals surface area contributed by atoms with Crippen LogP contribution in [0.15, 0.2) is 6.07 Å². The number of alkyl halides is 2. The first-order valence-electron chi connectivity index (χ1n) is 5.16. The number of pyridine rings is 1. The number of carbonyl (C=O) groups excluding carboxylic acids is 1. The van der Waals surface area contributed by atoms with Gasteiger partial charge in [-0.1, -0.05) is 0 Å². The second-order valence-corrected chi connectivity index (χ2v) is 3.29. The first-order valence-corrected chi connectivity index (χ1v) is 5.16. The van der Waals surface area contributed by atoms with Crippen molar-refractivity contribution in [2.45, 2.75) is 19.8 Å². The predicted molar refractivity (Wildman–Crippen MR) is 56.0 cm³/mol. The third-order valence-electron chi connectivity index (χ3n) is 2.14. The van der Waals surface area contributed by atoms with Gasteiger partial charge in [-0.25, -0.2) is 13.8 Å². The van der Waals surface area contributed by atoms with Gasteiger partial charge in [0, 0.05) is 11.6 Å². The molecule has 0 aromatic carbocycles. The summed E-state index contributed by atoms with van der Waals surface area (Å²) in [4.78, 5) is 14.4. The van der Waals surface area contributed by atoms with Crippen molar-refractivity contribution in [2.24, 2.45) is 0 Å². The topological polar surface area (TPSA) is 48.4 Å². The quantitative estimate of drug-likeness (QED) is 0.604. The van der Waals surface area contributed by atoms with E-state index in [2.05, 4.69) is 9.72 Å². The number of methoxy groups -OCH3 is 1. The van der Waals surface area contributed by atoms with Gasteiger partial charge in [-0.3, -0.25) is 4.79 Å². The Morgan fingerprint density at radius 1 is 1.50 bits per heavy atom. The first-order chi connectivity index (χ1) is 8.49. The molecule has 7 heteroatoms. The van der Waals surface area contributed by atoms with E-state index in [4.69, 9.17) is 4.74 Å². The number of carbonyl (C=O) groups is 1. The molecule has 0 radical (unpaired) electrons. The molecule has 0 aliphatic heterocycles. The molecule has 4 nitrogen and oxygen atoms in total. The van der Waals surface area contributed by atoms with Crippen LogP contribution in [0.4, 0.5) is 13.2 Å². The SMILES string of the molecule is CCOC(=O)Cc1c(OC)cc(F)nc1C(F)F. The predicted octanol–water partition coefficient (Wildman–Crippen LogP) is 2.27. The maximum absolute atomic E-state index is 13.0. The first kappa shape index (κ1) is 14.3. The summed E-state index contributed by atoms with van der Waals surface area (Å²) in [6.45, 7) is 1.71. The molecule has 0 amide bonds. The Kier molecular flexibility index (Phi) is 4.94. The average Bonchev–Trinajstić information content (AvgIpc) is 2.30. The molecule has 0 aliphatic rings. The van der Waals surface area contributed by atoms with E-state index in [1.165, 1.54) is 7.11 Å². The average molecular weight is 263 g/mol. The number of hydrogen-bond acceptors (Lipinski definition) is 4. The van der Waals surface area contributed by atoms with Crippen LogP contribution < -0.4 is 4.74 Å². The van der Waals surface area contributed by atoms with Crippen molar-refractivity contribution in [3.8, 4) is 5.75 Å². The highest BCUT2D eigenvalue weighted by atomic mass is 19.3. The van der Waals surface area contributed by atoms with Crippen molar-refractivity contribution in [1.29, 1.82) is 0 Å². The molecule has 1 heterocycles. The lowest BCUT2D eigenvalue weighted by molar-refractivity contribution is -0.142. The summed E-state index contributed by atoms with van der Waals surface area (Å²) in [5, 5.41) is 0. The van der Waals surface area contributed by atoms with Gasteiger partial charge in [0.15, 0.2) is 0 Å². The molecule has 1 aromatic rings. The number of ether oxygens (including phenoxy) is 2. The zero-order valence-corrected chi connectivity index (χ0v) is 9.87. The fourth-order valence-corrected chi connectivity index (χ4v) is 1.43. The Hall–Kier alpha value is -1.79. The summed E-state index contributed by atoms with van der Waals surface area (Å²) in [5.41, 5.74) is -0.966. The number of rotatable bonds is 5. The summed E-state index contributed by atoms with van der Waals surface area (Å²) >= 11 is 0. The van der Waals surface area contributed by atoms with Crippen LogP contribution in [-0.4, -0.2) is 24.7 Å². The molecule has 0 saturated carbocycles. The molecule has 18 heavy (non-hydrogen) atoms. The van der Waals surface area contributed by atoms with Crippen LogP contribution in [-0.2, 0) is 16.0 Å². The third-order valence-corrected chi connectivity index (χ3v) is 2.14. The fourth-order valence-electron chi connectivity index (χ4n) is 1.43. The molecule has 0 atom stereocenters. The molecule has 0 bridgehead atoms. The third kappa shape index (κ3) is 3.35. The number of hydrogen-bond donors (Lipinski definition) is 0. The second-order valence-electron chi connectivity index (χ2n) is 3.29. The highest BCUT2D eigenvalue weighted by Gasteiger charge is 2.23. The van der Waals surface area contributed by atoms with Crippen LogP contribution >= 0.6 is 0 Å². The van der Waals surface area contributed by atoms with Crippen LogP contribution in [0.25, 0.3) is 0 Å². The Balaban J connectivity index is 3.16. The van der Waals surface area contributed by atoms with Crippen LogP contribution in [0.5, 0.6) is 5.75 Å². The Labute approximate surface area is 102 Å². The van der Waals surface area contributed by atoms with E-state index in [9.17, 15) is 18.0 Å². The van der Waals surface area contributed by atoms with Gasteiger partial charge < -0.3 is 9.47 Å². The zero-order valence-electron chi connectivity index (χ0n) is 9.87. The summed E-state index contributed by atoms with van der Waals surface area (Å²) < 4.78 is 47.9. The Bertz CT molecular complexity index is 438. The molecular weight excluding hydrogens is 251 g/mol. The molecule has 0 fully saturated rings. The summed E-state index contributed by atoms with van der Waals surface area (Å²) in [6.07, 6.45) is -3.44. The normalized spacial score (nSPS) is 10.6. The van der Waals surface area contributed by atoms with E-state index in [1.807, 2.05) is 0 Å². The van der Waals surface area contributed by atoms with Crippen LogP contribution in [0.1, 0.15) is 24.6 Å². The minimum Gasteiger partial charge on any atom is -0.496 e. The fraction of sp³-hybridized carbons (Fsp3) is 0.455.